The molecule has 2 atom stereocenters. The number of amides is 1. The Bertz CT molecular complexity index is 403. The van der Waals surface area contributed by atoms with Gasteiger partial charge >= 0.3 is 0 Å². The van der Waals surface area contributed by atoms with Crippen molar-refractivity contribution >= 4 is 17.5 Å². The molecule has 0 bridgehead atoms. The summed E-state index contributed by atoms with van der Waals surface area (Å²) in [7, 11) is 0. The highest BCUT2D eigenvalue weighted by Crippen LogP contribution is 2.19. The van der Waals surface area contributed by atoms with Crippen LogP contribution in [0.15, 0.2) is 18.2 Å². The Morgan fingerprint density at radius 1 is 1.35 bits per heavy atom. The molecule has 1 rings (SSSR count). The minimum absolute atomic E-state index is 0.00692. The highest BCUT2D eigenvalue weighted by atomic mass is 35.5. The van der Waals surface area contributed by atoms with E-state index in [9.17, 15) is 4.79 Å². The number of aryl methyl sites for hydroxylation is 2. The van der Waals surface area contributed by atoms with Crippen molar-refractivity contribution in [2.45, 2.75) is 33.7 Å². The molecule has 0 saturated carbocycles. The molecule has 0 radical (unpaired) electrons. The van der Waals surface area contributed by atoms with Crippen LogP contribution < -0.4 is 5.32 Å². The van der Waals surface area contributed by atoms with Crippen molar-refractivity contribution in [1.82, 2.24) is 5.32 Å². The molecule has 2 unspecified atom stereocenters. The van der Waals surface area contributed by atoms with Gasteiger partial charge in [-0.25, -0.2) is 0 Å². The van der Waals surface area contributed by atoms with Gasteiger partial charge in [-0.3, -0.25) is 4.79 Å². The fourth-order valence-electron chi connectivity index (χ4n) is 1.81. The molecule has 0 aliphatic rings. The highest BCUT2D eigenvalue weighted by molar-refractivity contribution is 6.19. The third-order valence-electron chi connectivity index (χ3n) is 2.93. The van der Waals surface area contributed by atoms with Gasteiger partial charge in [0.05, 0.1) is 6.04 Å². The third kappa shape index (κ3) is 3.74. The average Bonchev–Trinajstić information content (AvgIpc) is 2.27. The van der Waals surface area contributed by atoms with Crippen molar-refractivity contribution in [2.24, 2.45) is 5.92 Å². The molecule has 17 heavy (non-hydrogen) atoms. The van der Waals surface area contributed by atoms with Gasteiger partial charge in [-0.15, -0.1) is 11.6 Å². The number of nitrogens with one attached hydrogen (secondary N) is 1. The van der Waals surface area contributed by atoms with Crippen LogP contribution in [0, 0.1) is 19.8 Å². The van der Waals surface area contributed by atoms with Crippen LogP contribution in [0.25, 0.3) is 0 Å². The molecule has 0 heterocycles. The van der Waals surface area contributed by atoms with E-state index in [-0.39, 0.29) is 17.9 Å². The second-order valence-electron chi connectivity index (χ2n) is 4.65. The van der Waals surface area contributed by atoms with Crippen LogP contribution in [0.1, 0.15) is 36.6 Å². The minimum Gasteiger partial charge on any atom is -0.349 e. The molecule has 0 aliphatic heterocycles. The SMILES string of the molecule is Cc1ccc(C(C)NC(=O)C(C)CCl)c(C)c1. The van der Waals surface area contributed by atoms with E-state index in [1.807, 2.05) is 13.8 Å². The Hall–Kier alpha value is -1.02. The number of benzene rings is 1. The molecule has 2 nitrogen and oxygen atoms in total. The predicted molar refractivity (Wildman–Crippen MR) is 72.4 cm³/mol. The molecule has 0 saturated heterocycles. The molecule has 0 aromatic heterocycles. The van der Waals surface area contributed by atoms with Crippen LogP contribution in [0.2, 0.25) is 0 Å². The summed E-state index contributed by atoms with van der Waals surface area (Å²) in [6.07, 6.45) is 0. The summed E-state index contributed by atoms with van der Waals surface area (Å²) in [5.74, 6) is 0.211. The molecule has 0 aliphatic carbocycles. The van der Waals surface area contributed by atoms with E-state index in [4.69, 9.17) is 11.6 Å². The van der Waals surface area contributed by atoms with Gasteiger partial charge in [0.25, 0.3) is 0 Å². The number of rotatable bonds is 4. The zero-order valence-corrected chi connectivity index (χ0v) is 11.6. The van der Waals surface area contributed by atoms with E-state index < -0.39 is 0 Å². The first kappa shape index (κ1) is 14.0. The number of hydrogen-bond donors (Lipinski definition) is 1. The van der Waals surface area contributed by atoms with Gasteiger partial charge in [-0.1, -0.05) is 30.7 Å². The minimum atomic E-state index is -0.148. The number of halogens is 1. The smallest absolute Gasteiger partial charge is 0.224 e. The quantitative estimate of drug-likeness (QED) is 0.820. The Balaban J connectivity index is 2.76. The first-order chi connectivity index (χ1) is 7.95. The van der Waals surface area contributed by atoms with E-state index >= 15 is 0 Å². The van der Waals surface area contributed by atoms with Gasteiger partial charge in [-0.2, -0.15) is 0 Å². The maximum Gasteiger partial charge on any atom is 0.224 e. The van der Waals surface area contributed by atoms with Crippen molar-refractivity contribution in [3.05, 3.63) is 34.9 Å². The fraction of sp³-hybridized carbons (Fsp3) is 0.500. The summed E-state index contributed by atoms with van der Waals surface area (Å²) < 4.78 is 0. The molecule has 94 valence electrons. The molecule has 1 N–H and O–H groups in total. The molecule has 1 amide bonds. The number of carbonyl (C=O) groups is 1. The Labute approximate surface area is 108 Å². The standard InChI is InChI=1S/C14H20ClNO/c1-9-5-6-13(10(2)7-9)12(4)16-14(17)11(3)8-15/h5-7,11-12H,8H2,1-4H3,(H,16,17). The van der Waals surface area contributed by atoms with Crippen LogP contribution >= 0.6 is 11.6 Å². The maximum atomic E-state index is 11.7. The van der Waals surface area contributed by atoms with E-state index in [0.717, 1.165) is 5.56 Å². The molecule has 0 spiro atoms. The monoisotopic (exact) mass is 253 g/mol. The number of hydrogen-bond acceptors (Lipinski definition) is 1. The summed E-state index contributed by atoms with van der Waals surface area (Å²) in [6.45, 7) is 7.96. The Morgan fingerprint density at radius 2 is 2.00 bits per heavy atom. The summed E-state index contributed by atoms with van der Waals surface area (Å²) >= 11 is 5.67. The molecule has 1 aromatic carbocycles. The van der Waals surface area contributed by atoms with Crippen molar-refractivity contribution in [3.8, 4) is 0 Å². The first-order valence-corrected chi connectivity index (χ1v) is 6.42. The lowest BCUT2D eigenvalue weighted by molar-refractivity contribution is -0.124. The van der Waals surface area contributed by atoms with Crippen molar-refractivity contribution in [1.29, 1.82) is 0 Å². The van der Waals surface area contributed by atoms with E-state index in [0.29, 0.717) is 5.88 Å². The molecular formula is C14H20ClNO. The molecule has 3 heteroatoms. The van der Waals surface area contributed by atoms with Crippen LogP contribution in [-0.4, -0.2) is 11.8 Å². The van der Waals surface area contributed by atoms with Crippen LogP contribution in [0.3, 0.4) is 0 Å². The van der Waals surface area contributed by atoms with Crippen LogP contribution in [0.4, 0.5) is 0 Å². The highest BCUT2D eigenvalue weighted by Gasteiger charge is 2.16. The lowest BCUT2D eigenvalue weighted by Crippen LogP contribution is -2.32. The lowest BCUT2D eigenvalue weighted by Gasteiger charge is -2.19. The largest absolute Gasteiger partial charge is 0.349 e. The van der Waals surface area contributed by atoms with Crippen molar-refractivity contribution in [3.63, 3.8) is 0 Å². The van der Waals surface area contributed by atoms with Crippen LogP contribution in [0.5, 0.6) is 0 Å². The molecule has 0 fully saturated rings. The zero-order chi connectivity index (χ0) is 13.0. The average molecular weight is 254 g/mol. The van der Waals surface area contributed by atoms with Gasteiger partial charge in [0.1, 0.15) is 0 Å². The number of alkyl halides is 1. The Kier molecular flexibility index (Phi) is 5.01. The predicted octanol–water partition coefficient (Wildman–Crippen LogP) is 3.36. The van der Waals surface area contributed by atoms with Gasteiger partial charge in [0.2, 0.25) is 5.91 Å². The topological polar surface area (TPSA) is 29.1 Å². The zero-order valence-electron chi connectivity index (χ0n) is 10.9. The van der Waals surface area contributed by atoms with E-state index in [1.165, 1.54) is 11.1 Å². The summed E-state index contributed by atoms with van der Waals surface area (Å²) in [4.78, 5) is 11.7. The second kappa shape index (κ2) is 6.06. The fourth-order valence-corrected chi connectivity index (χ4v) is 1.96. The van der Waals surface area contributed by atoms with Gasteiger partial charge < -0.3 is 5.32 Å². The van der Waals surface area contributed by atoms with Crippen molar-refractivity contribution < 1.29 is 4.79 Å². The summed E-state index contributed by atoms with van der Waals surface area (Å²) in [5, 5.41) is 2.98. The van der Waals surface area contributed by atoms with Gasteiger partial charge in [0, 0.05) is 11.8 Å². The number of carbonyl (C=O) groups excluding carboxylic acids is 1. The second-order valence-corrected chi connectivity index (χ2v) is 4.95. The van der Waals surface area contributed by atoms with E-state index in [2.05, 4.69) is 37.4 Å². The van der Waals surface area contributed by atoms with Crippen molar-refractivity contribution in [2.75, 3.05) is 5.88 Å². The lowest BCUT2D eigenvalue weighted by atomic mass is 10.00. The summed E-state index contributed by atoms with van der Waals surface area (Å²) in [5.41, 5.74) is 3.60. The molecular weight excluding hydrogens is 234 g/mol. The first-order valence-electron chi connectivity index (χ1n) is 5.89. The molecule has 1 aromatic rings. The van der Waals surface area contributed by atoms with Gasteiger partial charge in [-0.05, 0) is 31.9 Å². The normalized spacial score (nSPS) is 14.2. The Morgan fingerprint density at radius 3 is 2.53 bits per heavy atom. The third-order valence-corrected chi connectivity index (χ3v) is 3.39. The van der Waals surface area contributed by atoms with E-state index in [1.54, 1.807) is 0 Å². The maximum absolute atomic E-state index is 11.7. The van der Waals surface area contributed by atoms with Crippen LogP contribution in [-0.2, 0) is 4.79 Å². The summed E-state index contributed by atoms with van der Waals surface area (Å²) in [6, 6.07) is 6.29. The van der Waals surface area contributed by atoms with Gasteiger partial charge in [0.15, 0.2) is 0 Å².